The molecule has 1 fully saturated rings. The Kier molecular flexibility index (Phi) is 3.50. The molecule has 0 bridgehead atoms. The predicted molar refractivity (Wildman–Crippen MR) is 55.8 cm³/mol. The van der Waals surface area contributed by atoms with Gasteiger partial charge in [0.2, 0.25) is 0 Å². The average Bonchev–Trinajstić information content (AvgIpc) is 2.14. The van der Waals surface area contributed by atoms with Crippen molar-refractivity contribution in [2.45, 2.75) is 26.2 Å². The lowest BCUT2D eigenvalue weighted by Crippen LogP contribution is -2.47. The second kappa shape index (κ2) is 4.64. The number of aliphatic hydroxyl groups is 1. The molecule has 1 heterocycles. The second-order valence-corrected chi connectivity index (χ2v) is 3.21. The van der Waals surface area contributed by atoms with Crippen LogP contribution in [-0.4, -0.2) is 23.4 Å². The van der Waals surface area contributed by atoms with Gasteiger partial charge in [0, 0.05) is 6.42 Å². The Bertz CT molecular complexity index is 265. The van der Waals surface area contributed by atoms with Gasteiger partial charge in [-0.3, -0.25) is 10.8 Å². The summed E-state index contributed by atoms with van der Waals surface area (Å²) in [5.41, 5.74) is 0.296. The summed E-state index contributed by atoms with van der Waals surface area (Å²) in [5.74, 6) is 0.381. The first-order valence-electron chi connectivity index (χ1n) is 4.74. The van der Waals surface area contributed by atoms with E-state index in [2.05, 4.69) is 10.6 Å². The first kappa shape index (κ1) is 10.6. The van der Waals surface area contributed by atoms with Gasteiger partial charge in [0.25, 0.3) is 0 Å². The normalized spacial score (nSPS) is 16.2. The summed E-state index contributed by atoms with van der Waals surface area (Å²) in [6.07, 6.45) is 2.38. The van der Waals surface area contributed by atoms with Crippen LogP contribution >= 0.6 is 0 Å². The van der Waals surface area contributed by atoms with Gasteiger partial charge in [-0.1, -0.05) is 13.3 Å². The van der Waals surface area contributed by atoms with Gasteiger partial charge in [-0.05, 0) is 6.42 Å². The highest BCUT2D eigenvalue weighted by molar-refractivity contribution is 6.22. The van der Waals surface area contributed by atoms with Crippen LogP contribution in [0.3, 0.4) is 0 Å². The Morgan fingerprint density at radius 1 is 1.36 bits per heavy atom. The fourth-order valence-corrected chi connectivity index (χ4v) is 1.28. The highest BCUT2D eigenvalue weighted by atomic mass is 16.3. The fourth-order valence-electron chi connectivity index (χ4n) is 1.28. The lowest BCUT2D eigenvalue weighted by atomic mass is 10.1. The highest BCUT2D eigenvalue weighted by Crippen LogP contribution is 2.12. The van der Waals surface area contributed by atoms with E-state index in [-0.39, 0.29) is 17.4 Å². The van der Waals surface area contributed by atoms with Crippen LogP contribution < -0.4 is 10.6 Å². The summed E-state index contributed by atoms with van der Waals surface area (Å²) < 4.78 is 0. The van der Waals surface area contributed by atoms with Crippen LogP contribution in [0.4, 0.5) is 0 Å². The molecule has 0 unspecified atom stereocenters. The third-order valence-electron chi connectivity index (χ3n) is 2.09. The Labute approximate surface area is 83.2 Å². The SMILES string of the molecule is CCCCC(O)=C1C(=N)NCNC1=N. The lowest BCUT2D eigenvalue weighted by molar-refractivity contribution is 0.380. The number of hydrogen-bond donors (Lipinski definition) is 5. The molecule has 0 spiro atoms. The predicted octanol–water partition coefficient (Wildman–Crippen LogP) is 1.09. The number of nitrogens with one attached hydrogen (secondary N) is 4. The quantitative estimate of drug-likeness (QED) is 0.437. The van der Waals surface area contributed by atoms with Crippen molar-refractivity contribution < 1.29 is 5.11 Å². The van der Waals surface area contributed by atoms with Gasteiger partial charge in [0.05, 0.1) is 12.2 Å². The van der Waals surface area contributed by atoms with E-state index < -0.39 is 0 Å². The van der Waals surface area contributed by atoms with E-state index in [0.717, 1.165) is 12.8 Å². The van der Waals surface area contributed by atoms with E-state index in [1.807, 2.05) is 6.92 Å². The molecule has 0 aromatic heterocycles. The largest absolute Gasteiger partial charge is 0.511 e. The topological polar surface area (TPSA) is 92.0 Å². The van der Waals surface area contributed by atoms with Crippen LogP contribution in [0, 0.1) is 10.8 Å². The van der Waals surface area contributed by atoms with Crippen LogP contribution in [0.5, 0.6) is 0 Å². The van der Waals surface area contributed by atoms with Gasteiger partial charge in [-0.2, -0.15) is 0 Å². The molecule has 0 amide bonds. The lowest BCUT2D eigenvalue weighted by Gasteiger charge is -2.21. The van der Waals surface area contributed by atoms with E-state index in [1.165, 1.54) is 0 Å². The Morgan fingerprint density at radius 2 is 1.93 bits per heavy atom. The Hall–Kier alpha value is -1.52. The maximum Gasteiger partial charge on any atom is 0.134 e. The fraction of sp³-hybridized carbons (Fsp3) is 0.556. The van der Waals surface area contributed by atoms with Crippen molar-refractivity contribution in [2.24, 2.45) is 0 Å². The van der Waals surface area contributed by atoms with Crippen LogP contribution in [0.15, 0.2) is 11.3 Å². The Morgan fingerprint density at radius 3 is 2.43 bits per heavy atom. The maximum absolute atomic E-state index is 9.66. The first-order chi connectivity index (χ1) is 6.66. The van der Waals surface area contributed by atoms with E-state index in [4.69, 9.17) is 10.8 Å². The van der Waals surface area contributed by atoms with Gasteiger partial charge in [-0.15, -0.1) is 0 Å². The second-order valence-electron chi connectivity index (χ2n) is 3.21. The van der Waals surface area contributed by atoms with Gasteiger partial charge in [0.15, 0.2) is 0 Å². The van der Waals surface area contributed by atoms with Crippen molar-refractivity contribution in [3.63, 3.8) is 0 Å². The number of aliphatic hydroxyl groups excluding tert-OH is 1. The number of unbranched alkanes of at least 4 members (excludes halogenated alkanes) is 1. The standard InChI is InChI=1S/C9H16N4O/c1-2-3-4-6(14)7-8(10)12-5-13-9(7)11/h14H,2-5H2,1H3,(H2,10,12)(H2,11,13). The molecule has 1 saturated heterocycles. The summed E-state index contributed by atoms with van der Waals surface area (Å²) in [6.45, 7) is 2.41. The molecule has 78 valence electrons. The molecule has 0 aromatic rings. The van der Waals surface area contributed by atoms with Crippen LogP contribution in [0.1, 0.15) is 26.2 Å². The van der Waals surface area contributed by atoms with Gasteiger partial charge >= 0.3 is 0 Å². The summed E-state index contributed by atoms with van der Waals surface area (Å²) in [4.78, 5) is 0. The molecule has 0 aliphatic carbocycles. The smallest absolute Gasteiger partial charge is 0.134 e. The van der Waals surface area contributed by atoms with Crippen molar-refractivity contribution >= 4 is 11.7 Å². The number of amidine groups is 2. The highest BCUT2D eigenvalue weighted by Gasteiger charge is 2.20. The molecule has 0 saturated carbocycles. The average molecular weight is 196 g/mol. The molecule has 5 heteroatoms. The van der Waals surface area contributed by atoms with E-state index in [9.17, 15) is 5.11 Å². The molecule has 14 heavy (non-hydrogen) atoms. The monoisotopic (exact) mass is 196 g/mol. The van der Waals surface area contributed by atoms with Crippen molar-refractivity contribution in [3.8, 4) is 0 Å². The molecule has 5 nitrogen and oxygen atoms in total. The summed E-state index contributed by atoms with van der Waals surface area (Å²) in [6, 6.07) is 0. The van der Waals surface area contributed by atoms with Gasteiger partial charge < -0.3 is 15.7 Å². The van der Waals surface area contributed by atoms with Crippen molar-refractivity contribution in [1.82, 2.24) is 10.6 Å². The van der Waals surface area contributed by atoms with Crippen molar-refractivity contribution in [2.75, 3.05) is 6.67 Å². The number of rotatable bonds is 3. The first-order valence-corrected chi connectivity index (χ1v) is 4.74. The molecular weight excluding hydrogens is 180 g/mol. The third-order valence-corrected chi connectivity index (χ3v) is 2.09. The number of hydrogen-bond acceptors (Lipinski definition) is 3. The Balaban J connectivity index is 2.79. The summed E-state index contributed by atoms with van der Waals surface area (Å²) in [7, 11) is 0. The van der Waals surface area contributed by atoms with E-state index in [1.54, 1.807) is 0 Å². The molecule has 0 radical (unpaired) electrons. The number of allylic oxidation sites excluding steroid dienone is 1. The third kappa shape index (κ3) is 2.25. The van der Waals surface area contributed by atoms with Crippen LogP contribution in [0.25, 0.3) is 0 Å². The summed E-state index contributed by atoms with van der Waals surface area (Å²) >= 11 is 0. The van der Waals surface area contributed by atoms with E-state index in [0.29, 0.717) is 18.7 Å². The summed E-state index contributed by atoms with van der Waals surface area (Å²) in [5, 5.41) is 30.2. The zero-order valence-electron chi connectivity index (χ0n) is 8.28. The van der Waals surface area contributed by atoms with Gasteiger partial charge in [0.1, 0.15) is 17.4 Å². The molecule has 5 N–H and O–H groups in total. The molecule has 1 rings (SSSR count). The molecule has 0 aromatic carbocycles. The minimum atomic E-state index is 0.126. The molecule has 1 aliphatic heterocycles. The van der Waals surface area contributed by atoms with Crippen molar-refractivity contribution in [3.05, 3.63) is 11.3 Å². The van der Waals surface area contributed by atoms with Crippen molar-refractivity contribution in [1.29, 1.82) is 10.8 Å². The minimum Gasteiger partial charge on any atom is -0.511 e. The van der Waals surface area contributed by atoms with Gasteiger partial charge in [-0.25, -0.2) is 0 Å². The molecule has 1 aliphatic rings. The van der Waals surface area contributed by atoms with Crippen LogP contribution in [-0.2, 0) is 0 Å². The minimum absolute atomic E-state index is 0.126. The maximum atomic E-state index is 9.66. The van der Waals surface area contributed by atoms with Crippen LogP contribution in [0.2, 0.25) is 0 Å². The zero-order valence-corrected chi connectivity index (χ0v) is 8.28. The van der Waals surface area contributed by atoms with E-state index >= 15 is 0 Å². The zero-order chi connectivity index (χ0) is 10.6. The molecular formula is C9H16N4O. The molecule has 0 atom stereocenters.